The number of carbonyl (C=O) groups is 1. The Kier molecular flexibility index (Phi) is 4.43. The molecule has 16 heavy (non-hydrogen) atoms. The van der Waals surface area contributed by atoms with Crippen LogP contribution in [0, 0.1) is 11.7 Å². The molecular weight excluding hydrogens is 211 g/mol. The molecule has 0 unspecified atom stereocenters. The fourth-order valence-electron chi connectivity index (χ4n) is 1.29. The summed E-state index contributed by atoms with van der Waals surface area (Å²) in [5.41, 5.74) is 0.457. The van der Waals surface area contributed by atoms with Gasteiger partial charge < -0.3 is 9.84 Å². The van der Waals surface area contributed by atoms with Crippen molar-refractivity contribution in [2.24, 2.45) is 5.92 Å². The average Bonchev–Trinajstić information content (AvgIpc) is 2.16. The summed E-state index contributed by atoms with van der Waals surface area (Å²) in [7, 11) is 0. The number of halogens is 1. The lowest BCUT2D eigenvalue weighted by molar-refractivity contribution is 0.0681. The molecule has 0 aliphatic rings. The number of carboxylic acids is 1. The number of hydrogen-bond donors (Lipinski definition) is 1. The molecule has 1 aromatic carbocycles. The molecule has 0 aliphatic carbocycles. The average molecular weight is 226 g/mol. The van der Waals surface area contributed by atoms with Crippen molar-refractivity contribution in [3.05, 3.63) is 35.1 Å². The molecule has 1 rings (SSSR count). The Bertz CT molecular complexity index is 375. The van der Waals surface area contributed by atoms with Crippen molar-refractivity contribution < 1.29 is 19.0 Å². The predicted molar refractivity (Wildman–Crippen MR) is 57.9 cm³/mol. The molecule has 88 valence electrons. The van der Waals surface area contributed by atoms with Crippen LogP contribution < -0.4 is 0 Å². The number of aromatic carboxylic acids is 1. The van der Waals surface area contributed by atoms with Crippen molar-refractivity contribution in [3.8, 4) is 0 Å². The monoisotopic (exact) mass is 226 g/mol. The first-order valence-corrected chi connectivity index (χ1v) is 5.10. The molecule has 0 spiro atoms. The molecule has 0 atom stereocenters. The third kappa shape index (κ3) is 3.62. The SMILES string of the molecule is CC(C)COCc1cc(F)ccc1C(=O)O. The third-order valence-electron chi connectivity index (χ3n) is 2.01. The highest BCUT2D eigenvalue weighted by atomic mass is 19.1. The fourth-order valence-corrected chi connectivity index (χ4v) is 1.29. The molecule has 0 fully saturated rings. The van der Waals surface area contributed by atoms with Gasteiger partial charge in [0.2, 0.25) is 0 Å². The summed E-state index contributed by atoms with van der Waals surface area (Å²) in [6, 6.07) is 3.59. The molecule has 1 N–H and O–H groups in total. The quantitative estimate of drug-likeness (QED) is 0.839. The third-order valence-corrected chi connectivity index (χ3v) is 2.01. The van der Waals surface area contributed by atoms with Gasteiger partial charge in [-0.15, -0.1) is 0 Å². The Morgan fingerprint density at radius 2 is 2.19 bits per heavy atom. The van der Waals surface area contributed by atoms with Crippen molar-refractivity contribution in [3.63, 3.8) is 0 Å². The van der Waals surface area contributed by atoms with Gasteiger partial charge in [0, 0.05) is 6.61 Å². The summed E-state index contributed by atoms with van der Waals surface area (Å²) in [6.07, 6.45) is 0. The first kappa shape index (κ1) is 12.6. The molecule has 0 saturated carbocycles. The Labute approximate surface area is 93.9 Å². The van der Waals surface area contributed by atoms with Gasteiger partial charge in [-0.05, 0) is 29.7 Å². The van der Waals surface area contributed by atoms with Crippen LogP contribution in [0.1, 0.15) is 29.8 Å². The van der Waals surface area contributed by atoms with Crippen LogP contribution in [0.4, 0.5) is 4.39 Å². The van der Waals surface area contributed by atoms with Gasteiger partial charge in [0.05, 0.1) is 12.2 Å². The van der Waals surface area contributed by atoms with Gasteiger partial charge in [0.1, 0.15) is 5.82 Å². The maximum atomic E-state index is 12.9. The van der Waals surface area contributed by atoms with Crippen LogP contribution in [0.25, 0.3) is 0 Å². The van der Waals surface area contributed by atoms with Crippen LogP contribution in [0.5, 0.6) is 0 Å². The second-order valence-corrected chi connectivity index (χ2v) is 4.02. The second-order valence-electron chi connectivity index (χ2n) is 4.02. The number of ether oxygens (including phenoxy) is 1. The van der Waals surface area contributed by atoms with E-state index < -0.39 is 11.8 Å². The largest absolute Gasteiger partial charge is 0.478 e. The van der Waals surface area contributed by atoms with E-state index in [0.717, 1.165) is 6.07 Å². The van der Waals surface area contributed by atoms with E-state index in [1.807, 2.05) is 13.8 Å². The molecule has 3 nitrogen and oxygen atoms in total. The second kappa shape index (κ2) is 5.61. The van der Waals surface area contributed by atoms with E-state index >= 15 is 0 Å². The first-order valence-electron chi connectivity index (χ1n) is 5.10. The van der Waals surface area contributed by atoms with Gasteiger partial charge in [-0.1, -0.05) is 13.8 Å². The van der Waals surface area contributed by atoms with Gasteiger partial charge in [-0.2, -0.15) is 0 Å². The number of benzene rings is 1. The summed E-state index contributed by atoms with van der Waals surface area (Å²) in [5, 5.41) is 8.89. The maximum absolute atomic E-state index is 12.9. The van der Waals surface area contributed by atoms with Crippen molar-refractivity contribution in [2.75, 3.05) is 6.61 Å². The number of carboxylic acid groups (broad SMARTS) is 1. The minimum absolute atomic E-state index is 0.0881. The summed E-state index contributed by atoms with van der Waals surface area (Å²) in [5.74, 6) is -1.15. The molecule has 0 aromatic heterocycles. The Morgan fingerprint density at radius 3 is 2.75 bits per heavy atom. The summed E-state index contributed by atoms with van der Waals surface area (Å²) in [6.45, 7) is 4.63. The van der Waals surface area contributed by atoms with Crippen molar-refractivity contribution >= 4 is 5.97 Å². The summed E-state index contributed by atoms with van der Waals surface area (Å²) >= 11 is 0. The zero-order valence-corrected chi connectivity index (χ0v) is 9.37. The van der Waals surface area contributed by atoms with Crippen LogP contribution in [0.2, 0.25) is 0 Å². The maximum Gasteiger partial charge on any atom is 0.336 e. The van der Waals surface area contributed by atoms with Crippen LogP contribution in [0.15, 0.2) is 18.2 Å². The van der Waals surface area contributed by atoms with E-state index in [-0.39, 0.29) is 12.2 Å². The predicted octanol–water partition coefficient (Wildman–Crippen LogP) is 2.70. The highest BCUT2D eigenvalue weighted by Crippen LogP contribution is 2.13. The number of hydrogen-bond acceptors (Lipinski definition) is 2. The first-order chi connectivity index (χ1) is 7.50. The zero-order chi connectivity index (χ0) is 12.1. The molecule has 0 radical (unpaired) electrons. The Balaban J connectivity index is 2.76. The van der Waals surface area contributed by atoms with Crippen LogP contribution in [-0.2, 0) is 11.3 Å². The van der Waals surface area contributed by atoms with E-state index in [0.29, 0.717) is 18.1 Å². The summed E-state index contributed by atoms with van der Waals surface area (Å²) in [4.78, 5) is 10.9. The van der Waals surface area contributed by atoms with Gasteiger partial charge in [0.15, 0.2) is 0 Å². The lowest BCUT2D eigenvalue weighted by Crippen LogP contribution is -2.07. The van der Waals surface area contributed by atoms with E-state index in [4.69, 9.17) is 9.84 Å². The molecule has 0 heterocycles. The molecule has 0 aliphatic heterocycles. The minimum atomic E-state index is -1.07. The Hall–Kier alpha value is -1.42. The minimum Gasteiger partial charge on any atom is -0.478 e. The van der Waals surface area contributed by atoms with E-state index in [9.17, 15) is 9.18 Å². The highest BCUT2D eigenvalue weighted by Gasteiger charge is 2.11. The smallest absolute Gasteiger partial charge is 0.336 e. The van der Waals surface area contributed by atoms with Crippen molar-refractivity contribution in [2.45, 2.75) is 20.5 Å². The fraction of sp³-hybridized carbons (Fsp3) is 0.417. The topological polar surface area (TPSA) is 46.5 Å². The van der Waals surface area contributed by atoms with Crippen molar-refractivity contribution in [1.82, 2.24) is 0 Å². The van der Waals surface area contributed by atoms with Gasteiger partial charge in [-0.3, -0.25) is 0 Å². The van der Waals surface area contributed by atoms with Crippen LogP contribution >= 0.6 is 0 Å². The highest BCUT2D eigenvalue weighted by molar-refractivity contribution is 5.89. The lowest BCUT2D eigenvalue weighted by atomic mass is 10.1. The molecule has 4 heteroatoms. The molecule has 0 amide bonds. The molecule has 0 bridgehead atoms. The molecule has 1 aromatic rings. The van der Waals surface area contributed by atoms with E-state index in [2.05, 4.69) is 0 Å². The molecular formula is C12H15FO3. The van der Waals surface area contributed by atoms with Gasteiger partial charge in [0.25, 0.3) is 0 Å². The summed E-state index contributed by atoms with van der Waals surface area (Å²) < 4.78 is 18.2. The normalized spacial score (nSPS) is 10.8. The van der Waals surface area contributed by atoms with E-state index in [1.54, 1.807) is 0 Å². The number of rotatable bonds is 5. The Morgan fingerprint density at radius 1 is 1.50 bits per heavy atom. The van der Waals surface area contributed by atoms with Gasteiger partial charge >= 0.3 is 5.97 Å². The van der Waals surface area contributed by atoms with Crippen molar-refractivity contribution in [1.29, 1.82) is 0 Å². The standard InChI is InChI=1S/C12H15FO3/c1-8(2)6-16-7-9-5-10(13)3-4-11(9)12(14)15/h3-5,8H,6-7H2,1-2H3,(H,14,15). The van der Waals surface area contributed by atoms with Gasteiger partial charge in [-0.25, -0.2) is 9.18 Å². The molecule has 0 saturated heterocycles. The lowest BCUT2D eigenvalue weighted by Gasteiger charge is -2.09. The van der Waals surface area contributed by atoms with Crippen LogP contribution in [0.3, 0.4) is 0 Å². The van der Waals surface area contributed by atoms with E-state index in [1.165, 1.54) is 12.1 Å². The van der Waals surface area contributed by atoms with Crippen LogP contribution in [-0.4, -0.2) is 17.7 Å². The zero-order valence-electron chi connectivity index (χ0n) is 9.37.